The van der Waals surface area contributed by atoms with Crippen LogP contribution < -0.4 is 10.6 Å². The number of phenolic OH excluding ortho intramolecular Hbond substituents is 1. The number of aromatic amines is 1. The maximum Gasteiger partial charge on any atom is 0.221 e. The van der Waals surface area contributed by atoms with Gasteiger partial charge in [-0.05, 0) is 23.4 Å². The van der Waals surface area contributed by atoms with Crippen LogP contribution in [0.15, 0.2) is 24.4 Å². The Kier molecular flexibility index (Phi) is 4.11. The molecular weight excluding hydrogens is 274 g/mol. The van der Waals surface area contributed by atoms with Crippen LogP contribution in [0.5, 0.6) is 5.75 Å². The summed E-state index contributed by atoms with van der Waals surface area (Å²) < 4.78 is 0. The number of hydrogen-bond donors (Lipinski definition) is 4. The lowest BCUT2D eigenvalue weighted by molar-refractivity contribution is -0.114. The second-order valence-corrected chi connectivity index (χ2v) is 3.96. The quantitative estimate of drug-likeness (QED) is 0.370. The highest BCUT2D eigenvalue weighted by atomic mass is 16.3. The monoisotopic (exact) mass is 285 g/mol. The predicted octanol–water partition coefficient (Wildman–Crippen LogP) is 0.840. The lowest BCUT2D eigenvalue weighted by Gasteiger charge is -2.08. The van der Waals surface area contributed by atoms with Gasteiger partial charge in [0.2, 0.25) is 11.7 Å². The van der Waals surface area contributed by atoms with Gasteiger partial charge in [-0.25, -0.2) is 0 Å². The number of carbonyl (C=O) groups excluding carboxylic acids is 1. The van der Waals surface area contributed by atoms with Crippen LogP contribution in [0.3, 0.4) is 0 Å². The van der Waals surface area contributed by atoms with Gasteiger partial charge in [-0.3, -0.25) is 4.79 Å². The van der Waals surface area contributed by atoms with Gasteiger partial charge in [0, 0.05) is 18.8 Å². The number of hydrogen-bond acceptors (Lipinski definition) is 7. The first-order valence-electron chi connectivity index (χ1n) is 5.81. The number of phenols is 1. The third-order valence-corrected chi connectivity index (χ3v) is 2.40. The van der Waals surface area contributed by atoms with Crippen molar-refractivity contribution in [3.8, 4) is 11.8 Å². The Morgan fingerprint density at radius 2 is 2.33 bits per heavy atom. The first kappa shape index (κ1) is 14.0. The third-order valence-electron chi connectivity index (χ3n) is 2.40. The Morgan fingerprint density at radius 1 is 1.52 bits per heavy atom. The fraction of sp³-hybridized carbons (Fsp3) is 0.0833. The van der Waals surface area contributed by atoms with Crippen molar-refractivity contribution in [2.45, 2.75) is 6.92 Å². The maximum atomic E-state index is 11.0. The van der Waals surface area contributed by atoms with Crippen LogP contribution in [0.4, 0.5) is 11.4 Å². The second-order valence-electron chi connectivity index (χ2n) is 3.96. The number of H-pyrrole nitrogens is 1. The normalized spacial score (nSPS) is 10.8. The minimum absolute atomic E-state index is 0.0570. The van der Waals surface area contributed by atoms with E-state index in [1.165, 1.54) is 25.3 Å². The molecule has 0 aliphatic heterocycles. The first-order chi connectivity index (χ1) is 10.1. The molecule has 1 aromatic carbocycles. The van der Waals surface area contributed by atoms with E-state index in [1.807, 2.05) is 6.07 Å². The topological polar surface area (TPSA) is 140 Å². The Hall–Kier alpha value is -3.41. The van der Waals surface area contributed by atoms with Crippen LogP contribution in [0.1, 0.15) is 12.7 Å². The maximum absolute atomic E-state index is 11.0. The number of carbonyl (C=O) groups is 1. The molecule has 1 aromatic heterocycles. The van der Waals surface area contributed by atoms with Crippen molar-refractivity contribution in [2.75, 3.05) is 10.6 Å². The summed E-state index contributed by atoms with van der Waals surface area (Å²) in [6.07, 6.45) is 1.40. The molecule has 2 aromatic rings. The molecule has 0 aliphatic rings. The highest BCUT2D eigenvalue weighted by Crippen LogP contribution is 2.26. The van der Waals surface area contributed by atoms with Gasteiger partial charge >= 0.3 is 0 Å². The van der Waals surface area contributed by atoms with Crippen LogP contribution in [0, 0.1) is 11.3 Å². The van der Waals surface area contributed by atoms with Crippen molar-refractivity contribution in [1.82, 2.24) is 20.6 Å². The van der Waals surface area contributed by atoms with Gasteiger partial charge in [0.15, 0.2) is 0 Å². The molecule has 1 amide bonds. The van der Waals surface area contributed by atoms with E-state index in [2.05, 4.69) is 31.3 Å². The Morgan fingerprint density at radius 3 is 2.95 bits per heavy atom. The predicted molar refractivity (Wildman–Crippen MR) is 73.8 cm³/mol. The smallest absolute Gasteiger partial charge is 0.221 e. The number of amides is 1. The molecule has 0 saturated heterocycles. The van der Waals surface area contributed by atoms with Crippen LogP contribution in [-0.4, -0.2) is 31.6 Å². The molecule has 0 spiro atoms. The van der Waals surface area contributed by atoms with Crippen molar-refractivity contribution in [2.24, 2.45) is 0 Å². The number of nitriles is 1. The van der Waals surface area contributed by atoms with Gasteiger partial charge in [-0.2, -0.15) is 10.5 Å². The molecule has 0 atom stereocenters. The highest BCUT2D eigenvalue weighted by molar-refractivity contribution is 5.91. The number of aromatic hydroxyl groups is 1. The van der Waals surface area contributed by atoms with E-state index in [9.17, 15) is 9.90 Å². The molecule has 9 heteroatoms. The van der Waals surface area contributed by atoms with Crippen molar-refractivity contribution in [1.29, 1.82) is 5.26 Å². The SMILES string of the molecule is CC(=O)Nc1cc(NC=C(C#N)c2nn[nH]n2)ccc1O. The lowest BCUT2D eigenvalue weighted by Crippen LogP contribution is -2.06. The molecular formula is C12H11N7O2. The molecule has 9 nitrogen and oxygen atoms in total. The number of benzene rings is 1. The summed E-state index contributed by atoms with van der Waals surface area (Å²) in [6.45, 7) is 1.34. The van der Waals surface area contributed by atoms with Gasteiger partial charge in [-0.1, -0.05) is 0 Å². The van der Waals surface area contributed by atoms with Gasteiger partial charge in [0.25, 0.3) is 0 Å². The standard InChI is InChI=1S/C12H11N7O2/c1-7(20)15-10-4-9(2-3-11(10)21)14-6-8(5-13)12-16-18-19-17-12/h2-4,6,14,21H,1H3,(H,15,20)(H,16,17,18,19). The molecule has 21 heavy (non-hydrogen) atoms. The minimum atomic E-state index is -0.303. The van der Waals surface area contributed by atoms with E-state index in [0.717, 1.165) is 0 Å². The molecule has 4 N–H and O–H groups in total. The summed E-state index contributed by atoms with van der Waals surface area (Å²) in [6, 6.07) is 6.46. The number of allylic oxidation sites excluding steroid dienone is 1. The van der Waals surface area contributed by atoms with Crippen molar-refractivity contribution in [3.63, 3.8) is 0 Å². The van der Waals surface area contributed by atoms with Gasteiger partial charge < -0.3 is 15.7 Å². The Labute approximate surface area is 119 Å². The summed E-state index contributed by atoms with van der Waals surface area (Å²) >= 11 is 0. The molecule has 0 radical (unpaired) electrons. The number of anilines is 2. The fourth-order valence-corrected chi connectivity index (χ4v) is 1.49. The molecule has 0 aliphatic carbocycles. The van der Waals surface area contributed by atoms with Crippen LogP contribution in [0.2, 0.25) is 0 Å². The number of nitrogens with zero attached hydrogens (tertiary/aromatic N) is 4. The van der Waals surface area contributed by atoms with Crippen molar-refractivity contribution < 1.29 is 9.90 Å². The number of rotatable bonds is 4. The van der Waals surface area contributed by atoms with Crippen molar-refractivity contribution >= 4 is 22.9 Å². The second kappa shape index (κ2) is 6.16. The molecule has 1 heterocycles. The van der Waals surface area contributed by atoms with Gasteiger partial charge in [-0.15, -0.1) is 10.2 Å². The largest absolute Gasteiger partial charge is 0.506 e. The average Bonchev–Trinajstić information content (AvgIpc) is 2.96. The van der Waals surface area contributed by atoms with Gasteiger partial charge in [0.05, 0.1) is 5.69 Å². The van der Waals surface area contributed by atoms with E-state index in [-0.39, 0.29) is 28.7 Å². The van der Waals surface area contributed by atoms with Crippen LogP contribution >= 0.6 is 0 Å². The fourth-order valence-electron chi connectivity index (χ4n) is 1.49. The summed E-state index contributed by atoms with van der Waals surface area (Å²) in [5, 5.41) is 37.0. The summed E-state index contributed by atoms with van der Waals surface area (Å²) in [5.74, 6) is -0.202. The number of tetrazole rings is 1. The lowest BCUT2D eigenvalue weighted by atomic mass is 10.2. The summed E-state index contributed by atoms with van der Waals surface area (Å²) in [7, 11) is 0. The van der Waals surface area contributed by atoms with Crippen LogP contribution in [-0.2, 0) is 4.79 Å². The van der Waals surface area contributed by atoms with E-state index < -0.39 is 0 Å². The summed E-state index contributed by atoms with van der Waals surface area (Å²) in [4.78, 5) is 11.0. The van der Waals surface area contributed by atoms with E-state index >= 15 is 0 Å². The molecule has 0 saturated carbocycles. The zero-order chi connectivity index (χ0) is 15.2. The zero-order valence-corrected chi connectivity index (χ0v) is 11.0. The molecule has 2 rings (SSSR count). The molecule has 106 valence electrons. The minimum Gasteiger partial charge on any atom is -0.506 e. The van der Waals surface area contributed by atoms with Gasteiger partial charge in [0.1, 0.15) is 17.4 Å². The molecule has 0 unspecified atom stereocenters. The molecule has 0 fully saturated rings. The van der Waals surface area contributed by atoms with E-state index in [1.54, 1.807) is 6.07 Å². The number of nitrogens with one attached hydrogen (secondary N) is 3. The Balaban J connectivity index is 2.20. The first-order valence-corrected chi connectivity index (χ1v) is 5.81. The van der Waals surface area contributed by atoms with Crippen molar-refractivity contribution in [3.05, 3.63) is 30.2 Å². The zero-order valence-electron chi connectivity index (χ0n) is 11.0. The average molecular weight is 285 g/mol. The summed E-state index contributed by atoms with van der Waals surface area (Å²) in [5.41, 5.74) is 1.00. The highest BCUT2D eigenvalue weighted by Gasteiger charge is 2.07. The van der Waals surface area contributed by atoms with E-state index in [4.69, 9.17) is 5.26 Å². The Bertz CT molecular complexity index is 716. The number of aromatic nitrogens is 4. The molecule has 0 bridgehead atoms. The third kappa shape index (κ3) is 3.54. The van der Waals surface area contributed by atoms with E-state index in [0.29, 0.717) is 5.69 Å². The van der Waals surface area contributed by atoms with Crippen LogP contribution in [0.25, 0.3) is 5.57 Å².